The van der Waals surface area contributed by atoms with Crippen molar-refractivity contribution in [3.63, 3.8) is 0 Å². The van der Waals surface area contributed by atoms with E-state index in [-0.39, 0.29) is 11.9 Å². The molecule has 5 nitrogen and oxygen atoms in total. The molecule has 3 atom stereocenters. The van der Waals surface area contributed by atoms with Crippen LogP contribution in [0, 0.1) is 0 Å². The van der Waals surface area contributed by atoms with Crippen molar-refractivity contribution >= 4 is 5.91 Å². The smallest absolute Gasteiger partial charge is 0.254 e. The van der Waals surface area contributed by atoms with E-state index in [9.17, 15) is 4.79 Å². The van der Waals surface area contributed by atoms with Crippen LogP contribution in [0.15, 0.2) is 48.5 Å². The van der Waals surface area contributed by atoms with Gasteiger partial charge in [0, 0.05) is 37.7 Å². The van der Waals surface area contributed by atoms with E-state index in [1.807, 2.05) is 36.4 Å². The Kier molecular flexibility index (Phi) is 5.88. The largest absolute Gasteiger partial charge is 0.497 e. The zero-order chi connectivity index (χ0) is 20.4. The molecule has 2 saturated heterocycles. The maximum atomic E-state index is 13.5. The van der Waals surface area contributed by atoms with Gasteiger partial charge in [-0.05, 0) is 55.3 Å². The number of hydrogen-bond donors (Lipinski definition) is 0. The average Bonchev–Trinajstić information content (AvgIpc) is 3.11. The van der Waals surface area contributed by atoms with Crippen LogP contribution in [0.25, 0.3) is 0 Å². The number of ether oxygens (including phenoxy) is 2. The monoisotopic (exact) mass is 394 g/mol. The molecule has 0 spiro atoms. The zero-order valence-corrected chi connectivity index (χ0v) is 17.5. The fraction of sp³-hybridized carbons (Fsp3) is 0.458. The molecular weight excluding hydrogens is 364 g/mol. The molecule has 0 bridgehead atoms. The molecule has 0 saturated carbocycles. The van der Waals surface area contributed by atoms with Crippen molar-refractivity contribution in [3.8, 4) is 5.75 Å². The second-order valence-corrected chi connectivity index (χ2v) is 8.15. The number of methoxy groups -OCH3 is 2. The van der Waals surface area contributed by atoms with E-state index in [0.717, 1.165) is 42.8 Å². The molecule has 4 rings (SSSR count). The molecule has 5 heteroatoms. The number of likely N-dealkylation sites (N-methyl/N-ethyl adjacent to an activating group) is 1. The van der Waals surface area contributed by atoms with Crippen LogP contribution in [0.3, 0.4) is 0 Å². The number of amides is 1. The van der Waals surface area contributed by atoms with Crippen molar-refractivity contribution < 1.29 is 14.3 Å². The van der Waals surface area contributed by atoms with Gasteiger partial charge < -0.3 is 19.3 Å². The summed E-state index contributed by atoms with van der Waals surface area (Å²) >= 11 is 0. The minimum absolute atomic E-state index is 0.137. The van der Waals surface area contributed by atoms with E-state index in [0.29, 0.717) is 18.6 Å². The van der Waals surface area contributed by atoms with E-state index in [2.05, 4.69) is 29.0 Å². The highest BCUT2D eigenvalue weighted by Gasteiger charge is 2.47. The zero-order valence-electron chi connectivity index (χ0n) is 17.5. The molecule has 0 radical (unpaired) electrons. The Labute approximate surface area is 173 Å². The predicted octanol–water partition coefficient (Wildman–Crippen LogP) is 3.54. The number of carbonyl (C=O) groups excluding carboxylic acids is 1. The molecule has 0 aromatic heterocycles. The van der Waals surface area contributed by atoms with Gasteiger partial charge in [0.25, 0.3) is 5.91 Å². The lowest BCUT2D eigenvalue weighted by atomic mass is 9.85. The molecule has 2 aromatic rings. The first-order valence-electron chi connectivity index (χ1n) is 10.4. The number of carbonyl (C=O) groups is 1. The van der Waals surface area contributed by atoms with Gasteiger partial charge in [-0.25, -0.2) is 0 Å². The molecule has 2 fully saturated rings. The Morgan fingerprint density at radius 1 is 1.07 bits per heavy atom. The van der Waals surface area contributed by atoms with Gasteiger partial charge in [-0.3, -0.25) is 4.79 Å². The van der Waals surface area contributed by atoms with E-state index >= 15 is 0 Å². The summed E-state index contributed by atoms with van der Waals surface area (Å²) in [6.45, 7) is 2.35. The van der Waals surface area contributed by atoms with E-state index in [1.165, 1.54) is 5.56 Å². The first kappa shape index (κ1) is 19.9. The van der Waals surface area contributed by atoms with Crippen LogP contribution >= 0.6 is 0 Å². The topological polar surface area (TPSA) is 42.0 Å². The van der Waals surface area contributed by atoms with E-state index in [1.54, 1.807) is 14.2 Å². The molecule has 154 valence electrons. The summed E-state index contributed by atoms with van der Waals surface area (Å²) in [5.74, 6) is 1.31. The minimum atomic E-state index is 0.137. The lowest BCUT2D eigenvalue weighted by Crippen LogP contribution is -2.52. The first-order chi connectivity index (χ1) is 14.1. The summed E-state index contributed by atoms with van der Waals surface area (Å²) < 4.78 is 10.5. The first-order valence-corrected chi connectivity index (χ1v) is 10.4. The lowest BCUT2D eigenvalue weighted by Gasteiger charge is -2.41. The molecular formula is C24H30N2O3. The maximum absolute atomic E-state index is 13.5. The quantitative estimate of drug-likeness (QED) is 0.778. The Morgan fingerprint density at radius 3 is 2.45 bits per heavy atom. The Balaban J connectivity index is 1.61. The second-order valence-electron chi connectivity index (χ2n) is 8.15. The number of hydrogen-bond acceptors (Lipinski definition) is 4. The number of piperidine rings is 1. The normalized spacial score (nSPS) is 24.4. The standard InChI is InChI=1S/C24H30N2O3/c1-25-15-21(18-10-12-20(29-3)13-11-18)23-22(25)5-4-14-26(23)24(27)19-8-6-17(7-9-19)16-28-2/h6-13,21-23H,4-5,14-16H2,1-3H3/t21-,22-,23-/m1/s1. The third kappa shape index (κ3) is 3.89. The van der Waals surface area contributed by atoms with Crippen molar-refractivity contribution in [2.75, 3.05) is 34.4 Å². The van der Waals surface area contributed by atoms with Crippen LogP contribution < -0.4 is 4.74 Å². The molecule has 2 aliphatic heterocycles. The number of benzene rings is 2. The van der Waals surface area contributed by atoms with Gasteiger partial charge in [0.05, 0.1) is 19.8 Å². The molecule has 2 heterocycles. The van der Waals surface area contributed by atoms with Crippen LogP contribution in [0.4, 0.5) is 0 Å². The van der Waals surface area contributed by atoms with Gasteiger partial charge in [0.2, 0.25) is 0 Å². The number of rotatable bonds is 5. The summed E-state index contributed by atoms with van der Waals surface area (Å²) in [6, 6.07) is 16.8. The van der Waals surface area contributed by atoms with Gasteiger partial charge in [-0.2, -0.15) is 0 Å². The Bertz CT molecular complexity index is 834. The van der Waals surface area contributed by atoms with Gasteiger partial charge in [0.1, 0.15) is 5.75 Å². The number of fused-ring (bicyclic) bond motifs is 1. The van der Waals surface area contributed by atoms with Crippen molar-refractivity contribution in [2.24, 2.45) is 0 Å². The fourth-order valence-electron chi connectivity index (χ4n) is 4.99. The Morgan fingerprint density at radius 2 is 1.79 bits per heavy atom. The van der Waals surface area contributed by atoms with Crippen molar-refractivity contribution in [3.05, 3.63) is 65.2 Å². The van der Waals surface area contributed by atoms with Gasteiger partial charge in [-0.1, -0.05) is 24.3 Å². The lowest BCUT2D eigenvalue weighted by molar-refractivity contribution is 0.0524. The summed E-state index contributed by atoms with van der Waals surface area (Å²) in [6.07, 6.45) is 2.19. The minimum Gasteiger partial charge on any atom is -0.497 e. The highest BCUT2D eigenvalue weighted by atomic mass is 16.5. The van der Waals surface area contributed by atoms with Crippen molar-refractivity contribution in [1.82, 2.24) is 9.80 Å². The molecule has 2 aliphatic rings. The van der Waals surface area contributed by atoms with Gasteiger partial charge >= 0.3 is 0 Å². The van der Waals surface area contributed by atoms with Crippen LogP contribution in [-0.4, -0.2) is 62.1 Å². The molecule has 29 heavy (non-hydrogen) atoms. The fourth-order valence-corrected chi connectivity index (χ4v) is 4.99. The van der Waals surface area contributed by atoms with Crippen LogP contribution in [0.5, 0.6) is 5.75 Å². The van der Waals surface area contributed by atoms with Gasteiger partial charge in [0.15, 0.2) is 0 Å². The summed E-state index contributed by atoms with van der Waals surface area (Å²) in [7, 11) is 5.56. The predicted molar refractivity (Wildman–Crippen MR) is 113 cm³/mol. The SMILES string of the molecule is COCc1ccc(C(=O)N2CCC[C@@H]3[C@H]2[C@@H](c2ccc(OC)cc2)CN3C)cc1. The molecule has 0 aliphatic carbocycles. The van der Waals surface area contributed by atoms with E-state index in [4.69, 9.17) is 9.47 Å². The molecule has 2 aromatic carbocycles. The van der Waals surface area contributed by atoms with Gasteiger partial charge in [-0.15, -0.1) is 0 Å². The van der Waals surface area contributed by atoms with Crippen LogP contribution in [0.1, 0.15) is 40.2 Å². The third-order valence-corrected chi connectivity index (χ3v) is 6.43. The van der Waals surface area contributed by atoms with Crippen LogP contribution in [-0.2, 0) is 11.3 Å². The van der Waals surface area contributed by atoms with Crippen molar-refractivity contribution in [2.45, 2.75) is 37.5 Å². The molecule has 0 unspecified atom stereocenters. The average molecular weight is 395 g/mol. The third-order valence-electron chi connectivity index (χ3n) is 6.43. The highest BCUT2D eigenvalue weighted by molar-refractivity contribution is 5.94. The Hall–Kier alpha value is -2.37. The van der Waals surface area contributed by atoms with Crippen molar-refractivity contribution in [1.29, 1.82) is 0 Å². The number of nitrogens with zero attached hydrogens (tertiary/aromatic N) is 2. The second kappa shape index (κ2) is 8.56. The molecule has 0 N–H and O–H groups in total. The number of likely N-dealkylation sites (tertiary alicyclic amines) is 2. The molecule has 1 amide bonds. The summed E-state index contributed by atoms with van der Waals surface area (Å²) in [4.78, 5) is 18.0. The van der Waals surface area contributed by atoms with E-state index < -0.39 is 0 Å². The highest BCUT2D eigenvalue weighted by Crippen LogP contribution is 2.40. The summed E-state index contributed by atoms with van der Waals surface area (Å²) in [5.41, 5.74) is 3.12. The van der Waals surface area contributed by atoms with Crippen LogP contribution in [0.2, 0.25) is 0 Å². The maximum Gasteiger partial charge on any atom is 0.254 e. The summed E-state index contributed by atoms with van der Waals surface area (Å²) in [5, 5.41) is 0.